The minimum absolute atomic E-state index is 0.0964. The fourth-order valence-corrected chi connectivity index (χ4v) is 7.40. The quantitative estimate of drug-likeness (QED) is 0.0269. The molecule has 0 saturated carbocycles. The molecule has 0 aliphatic heterocycles. The first kappa shape index (κ1) is 57.2. The van der Waals surface area contributed by atoms with Crippen LogP contribution in [0, 0.1) is 0 Å². The lowest BCUT2D eigenvalue weighted by Crippen LogP contribution is -2.28. The second-order valence-corrected chi connectivity index (χ2v) is 17.4. The first-order chi connectivity index (χ1) is 28.9. The van der Waals surface area contributed by atoms with E-state index in [1.165, 1.54) is 128 Å². The highest BCUT2D eigenvalue weighted by atomic mass is 31.2. The van der Waals surface area contributed by atoms with Gasteiger partial charge in [-0.3, -0.25) is 13.8 Å². The molecule has 0 heterocycles. The van der Waals surface area contributed by atoms with Gasteiger partial charge in [0.05, 0.1) is 19.8 Å². The molecular formula is C50H92NO7P. The van der Waals surface area contributed by atoms with Crippen LogP contribution in [0.1, 0.15) is 213 Å². The zero-order valence-corrected chi connectivity index (χ0v) is 39.1. The third-order valence-electron chi connectivity index (χ3n) is 10.2. The van der Waals surface area contributed by atoms with Crippen LogP contribution in [0.4, 0.5) is 0 Å². The summed E-state index contributed by atoms with van der Waals surface area (Å²) >= 11 is 0. The van der Waals surface area contributed by atoms with Crippen molar-refractivity contribution >= 4 is 13.8 Å². The summed E-state index contributed by atoms with van der Waals surface area (Å²) < 4.78 is 33.5. The summed E-state index contributed by atoms with van der Waals surface area (Å²) in [6, 6.07) is 0. The molecule has 344 valence electrons. The molecule has 0 fully saturated rings. The summed E-state index contributed by atoms with van der Waals surface area (Å²) in [6.07, 6.45) is 58.1. The fourth-order valence-electron chi connectivity index (χ4n) is 6.63. The van der Waals surface area contributed by atoms with E-state index in [1.54, 1.807) is 0 Å². The maximum Gasteiger partial charge on any atom is 0.472 e. The number of hydrogen-bond donors (Lipinski definition) is 2. The predicted octanol–water partition coefficient (Wildman–Crippen LogP) is 14.9. The first-order valence-corrected chi connectivity index (χ1v) is 25.8. The van der Waals surface area contributed by atoms with Crippen molar-refractivity contribution in [2.24, 2.45) is 5.73 Å². The van der Waals surface area contributed by atoms with Crippen LogP contribution < -0.4 is 5.73 Å². The average molecular weight is 850 g/mol. The van der Waals surface area contributed by atoms with Crippen LogP contribution in [-0.4, -0.2) is 49.9 Å². The molecule has 2 unspecified atom stereocenters. The maximum absolute atomic E-state index is 12.6. The van der Waals surface area contributed by atoms with Crippen LogP contribution >= 0.6 is 7.82 Å². The van der Waals surface area contributed by atoms with Crippen molar-refractivity contribution in [2.45, 2.75) is 219 Å². The number of hydrogen-bond acceptors (Lipinski definition) is 7. The maximum atomic E-state index is 12.6. The Hall–Kier alpha value is -1.80. The lowest BCUT2D eigenvalue weighted by Gasteiger charge is -2.20. The van der Waals surface area contributed by atoms with E-state index in [0.29, 0.717) is 13.0 Å². The van der Waals surface area contributed by atoms with Gasteiger partial charge in [0.1, 0.15) is 6.10 Å². The average Bonchev–Trinajstić information content (AvgIpc) is 3.23. The summed E-state index contributed by atoms with van der Waals surface area (Å²) in [4.78, 5) is 22.6. The van der Waals surface area contributed by atoms with E-state index in [-0.39, 0.29) is 32.3 Å². The van der Waals surface area contributed by atoms with E-state index in [0.717, 1.165) is 64.2 Å². The summed E-state index contributed by atoms with van der Waals surface area (Å²) in [6.45, 7) is 4.80. The Kier molecular flexibility index (Phi) is 45.8. The molecule has 0 aliphatic carbocycles. The molecule has 0 aromatic rings. The number of ether oxygens (including phenoxy) is 2. The molecule has 2 atom stereocenters. The topological polar surface area (TPSA) is 117 Å². The number of carbonyl (C=O) groups is 1. The largest absolute Gasteiger partial charge is 0.472 e. The van der Waals surface area contributed by atoms with Gasteiger partial charge in [-0.25, -0.2) is 4.57 Å². The van der Waals surface area contributed by atoms with Crippen molar-refractivity contribution in [1.29, 1.82) is 0 Å². The highest BCUT2D eigenvalue weighted by Crippen LogP contribution is 2.43. The van der Waals surface area contributed by atoms with Crippen molar-refractivity contribution in [1.82, 2.24) is 0 Å². The number of unbranched alkanes of at least 4 members (excludes halogenated alkanes) is 23. The van der Waals surface area contributed by atoms with Crippen LogP contribution in [0.25, 0.3) is 0 Å². The molecule has 8 nitrogen and oxygen atoms in total. The molecule has 0 radical (unpaired) electrons. The van der Waals surface area contributed by atoms with Gasteiger partial charge in [-0.15, -0.1) is 0 Å². The van der Waals surface area contributed by atoms with Gasteiger partial charge >= 0.3 is 13.8 Å². The number of carbonyl (C=O) groups excluding carboxylic acids is 1. The molecule has 0 saturated heterocycles. The molecule has 0 spiro atoms. The minimum atomic E-state index is -4.29. The number of esters is 1. The van der Waals surface area contributed by atoms with E-state index < -0.39 is 13.9 Å². The highest BCUT2D eigenvalue weighted by molar-refractivity contribution is 7.47. The molecule has 0 amide bonds. The molecule has 0 aliphatic rings. The van der Waals surface area contributed by atoms with Crippen LogP contribution in [0.3, 0.4) is 0 Å². The van der Waals surface area contributed by atoms with Gasteiger partial charge in [0.2, 0.25) is 0 Å². The predicted molar refractivity (Wildman–Crippen MR) is 252 cm³/mol. The lowest BCUT2D eigenvalue weighted by molar-refractivity contribution is -0.154. The molecule has 9 heteroatoms. The Labute approximate surface area is 363 Å². The van der Waals surface area contributed by atoms with Gasteiger partial charge < -0.3 is 20.1 Å². The Morgan fingerprint density at radius 3 is 1.44 bits per heavy atom. The molecule has 59 heavy (non-hydrogen) atoms. The molecular weight excluding hydrogens is 758 g/mol. The number of phosphoric ester groups is 1. The Morgan fingerprint density at radius 2 is 0.949 bits per heavy atom. The molecule has 0 aromatic heterocycles. The number of phosphoric acid groups is 1. The van der Waals surface area contributed by atoms with Crippen LogP contribution in [0.2, 0.25) is 0 Å². The smallest absolute Gasteiger partial charge is 0.457 e. The van der Waals surface area contributed by atoms with Crippen LogP contribution in [0.5, 0.6) is 0 Å². The fraction of sp³-hybridized carbons (Fsp3) is 0.780. The zero-order chi connectivity index (χ0) is 43.0. The SMILES string of the molecule is CC/C=C\C/C=C\C/C=C\C/C=C\CCCCCCCCCCC(=O)OC(COCCCCCCCCCC/C=C\CCCCCCCCC)COP(=O)(O)OCCN. The van der Waals surface area contributed by atoms with Gasteiger partial charge in [0, 0.05) is 19.6 Å². The molecule has 3 N–H and O–H groups in total. The van der Waals surface area contributed by atoms with E-state index in [9.17, 15) is 14.3 Å². The minimum Gasteiger partial charge on any atom is -0.457 e. The Morgan fingerprint density at radius 1 is 0.525 bits per heavy atom. The van der Waals surface area contributed by atoms with Crippen molar-refractivity contribution in [3.63, 3.8) is 0 Å². The third-order valence-corrected chi connectivity index (χ3v) is 11.2. The van der Waals surface area contributed by atoms with Crippen molar-refractivity contribution in [3.05, 3.63) is 60.8 Å². The standard InChI is InChI=1S/C50H92NO7P/c1-3-5-7-9-11-13-15-17-19-21-23-24-25-27-29-31-33-35-37-39-41-43-50(52)58-49(48-57-59(53,54)56-46-44-51)47-55-45-42-40-38-36-34-32-30-28-26-22-20-18-16-14-12-10-8-6-4-2/h5,7,11,13,17,19-20,22-24,49H,3-4,6,8-10,12,14-16,18,21,25-48,51H2,1-2H3,(H,53,54)/b7-5-,13-11-,19-17-,22-20-,24-23-. The lowest BCUT2D eigenvalue weighted by atomic mass is 10.1. The summed E-state index contributed by atoms with van der Waals surface area (Å²) in [5, 5.41) is 0. The summed E-state index contributed by atoms with van der Waals surface area (Å²) in [5.41, 5.74) is 5.38. The second-order valence-electron chi connectivity index (χ2n) is 15.9. The zero-order valence-electron chi connectivity index (χ0n) is 38.2. The Balaban J connectivity index is 4.00. The molecule has 0 rings (SSSR count). The Bertz CT molecular complexity index is 1090. The van der Waals surface area contributed by atoms with Gasteiger partial charge in [-0.05, 0) is 77.0 Å². The van der Waals surface area contributed by atoms with Gasteiger partial charge in [-0.1, -0.05) is 190 Å². The van der Waals surface area contributed by atoms with Gasteiger partial charge in [0.25, 0.3) is 0 Å². The number of rotatable bonds is 46. The van der Waals surface area contributed by atoms with E-state index in [2.05, 4.69) is 74.6 Å². The summed E-state index contributed by atoms with van der Waals surface area (Å²) in [5.74, 6) is -0.340. The van der Waals surface area contributed by atoms with Gasteiger partial charge in [-0.2, -0.15) is 0 Å². The van der Waals surface area contributed by atoms with Crippen LogP contribution in [0.15, 0.2) is 60.8 Å². The van der Waals surface area contributed by atoms with Crippen molar-refractivity contribution in [3.8, 4) is 0 Å². The summed E-state index contributed by atoms with van der Waals surface area (Å²) in [7, 11) is -4.29. The number of nitrogens with two attached hydrogens (primary N) is 1. The van der Waals surface area contributed by atoms with Gasteiger partial charge in [0.15, 0.2) is 0 Å². The molecule has 0 bridgehead atoms. The second kappa shape index (κ2) is 47.3. The molecule has 0 aromatic carbocycles. The van der Waals surface area contributed by atoms with E-state index >= 15 is 0 Å². The normalized spacial score (nSPS) is 13.9. The number of allylic oxidation sites excluding steroid dienone is 10. The highest BCUT2D eigenvalue weighted by Gasteiger charge is 2.25. The first-order valence-electron chi connectivity index (χ1n) is 24.3. The van der Waals surface area contributed by atoms with E-state index in [1.807, 2.05) is 0 Å². The third kappa shape index (κ3) is 47.1. The van der Waals surface area contributed by atoms with Crippen molar-refractivity contribution < 1.29 is 32.8 Å². The monoisotopic (exact) mass is 850 g/mol. The van der Waals surface area contributed by atoms with Crippen LogP contribution in [-0.2, 0) is 27.9 Å². The van der Waals surface area contributed by atoms with Crippen molar-refractivity contribution in [2.75, 3.05) is 33.0 Å². The van der Waals surface area contributed by atoms with E-state index in [4.69, 9.17) is 24.3 Å².